The molecule has 1 amide bonds. The van der Waals surface area contributed by atoms with Crippen LogP contribution in [0.1, 0.15) is 83.6 Å². The predicted molar refractivity (Wildman–Crippen MR) is 151 cm³/mol. The lowest BCUT2D eigenvalue weighted by atomic mass is 9.47. The van der Waals surface area contributed by atoms with Crippen LogP contribution in [0.2, 0.25) is 0 Å². The summed E-state index contributed by atoms with van der Waals surface area (Å²) in [6, 6.07) is 8.15. The molecule has 6 atom stereocenters. The quantitative estimate of drug-likeness (QED) is 0.427. The molecule has 2 N–H and O–H groups in total. The van der Waals surface area contributed by atoms with E-state index in [4.69, 9.17) is 4.74 Å². The maximum atomic E-state index is 12.8. The average Bonchev–Trinajstić information content (AvgIpc) is 3.48. The molecular weight excluding hydrogens is 488 g/mol. The lowest BCUT2D eigenvalue weighted by molar-refractivity contribution is -0.160. The molecular formula is C33H42N2O4. The largest absolute Gasteiger partial charge is 0.462 e. The molecule has 0 saturated heterocycles. The Kier molecular flexibility index (Phi) is 6.93. The van der Waals surface area contributed by atoms with Crippen molar-refractivity contribution < 1.29 is 19.1 Å². The Morgan fingerprint density at radius 3 is 2.74 bits per heavy atom. The van der Waals surface area contributed by atoms with Crippen LogP contribution in [0.5, 0.6) is 0 Å². The van der Waals surface area contributed by atoms with Gasteiger partial charge in [-0.05, 0) is 92.2 Å². The molecule has 208 valence electrons. The number of H-pyrrole nitrogens is 1. The number of benzene rings is 1. The number of ether oxygens (including phenoxy) is 1. The highest BCUT2D eigenvalue weighted by molar-refractivity contribution is 5.91. The van der Waals surface area contributed by atoms with E-state index in [1.165, 1.54) is 16.5 Å². The van der Waals surface area contributed by atoms with E-state index in [-0.39, 0.29) is 41.7 Å². The normalized spacial score (nSPS) is 33.6. The van der Waals surface area contributed by atoms with E-state index in [0.29, 0.717) is 36.5 Å². The van der Waals surface area contributed by atoms with Gasteiger partial charge in [0.25, 0.3) is 0 Å². The number of aromatic nitrogens is 1. The highest BCUT2D eigenvalue weighted by Crippen LogP contribution is 2.65. The fourth-order valence-corrected chi connectivity index (χ4v) is 8.90. The summed E-state index contributed by atoms with van der Waals surface area (Å²) in [5, 5.41) is 4.14. The van der Waals surface area contributed by atoms with E-state index in [1.807, 2.05) is 30.5 Å². The molecule has 39 heavy (non-hydrogen) atoms. The number of fused-ring (bicyclic) bond motifs is 6. The van der Waals surface area contributed by atoms with Crippen molar-refractivity contribution in [2.45, 2.75) is 90.6 Å². The van der Waals surface area contributed by atoms with Crippen molar-refractivity contribution in [2.75, 3.05) is 6.54 Å². The number of para-hydroxylation sites is 1. The van der Waals surface area contributed by atoms with Crippen LogP contribution in [0.25, 0.3) is 10.9 Å². The number of allylic oxidation sites excluding steroid dienone is 1. The van der Waals surface area contributed by atoms with Gasteiger partial charge in [-0.1, -0.05) is 37.6 Å². The number of carbonyl (C=O) groups is 3. The number of ketones is 1. The van der Waals surface area contributed by atoms with Crippen molar-refractivity contribution in [3.63, 3.8) is 0 Å². The lowest BCUT2D eigenvalue weighted by Gasteiger charge is -2.57. The number of esters is 1. The Labute approximate surface area is 231 Å². The van der Waals surface area contributed by atoms with Gasteiger partial charge in [-0.25, -0.2) is 0 Å². The zero-order chi connectivity index (χ0) is 27.2. The number of aromatic amines is 1. The number of hydrogen-bond donors (Lipinski definition) is 2. The molecule has 6 nitrogen and oxygen atoms in total. The molecule has 0 radical (unpaired) electrons. The Morgan fingerprint density at radius 1 is 1.03 bits per heavy atom. The summed E-state index contributed by atoms with van der Waals surface area (Å²) < 4.78 is 6.09. The van der Waals surface area contributed by atoms with Gasteiger partial charge in [-0.3, -0.25) is 14.4 Å². The molecule has 3 fully saturated rings. The third kappa shape index (κ3) is 4.74. The topological polar surface area (TPSA) is 88.3 Å². The molecule has 4 aliphatic carbocycles. The highest BCUT2D eigenvalue weighted by atomic mass is 16.5. The minimum absolute atomic E-state index is 0.0144. The third-order valence-corrected chi connectivity index (χ3v) is 11.1. The van der Waals surface area contributed by atoms with Gasteiger partial charge >= 0.3 is 5.97 Å². The molecule has 0 aliphatic heterocycles. The minimum atomic E-state index is -0.248. The average molecular weight is 531 g/mol. The number of amides is 1. The molecule has 1 aromatic heterocycles. The Bertz CT molecular complexity index is 1310. The van der Waals surface area contributed by atoms with Gasteiger partial charge in [0, 0.05) is 41.9 Å². The van der Waals surface area contributed by atoms with Crippen LogP contribution in [0.15, 0.2) is 42.1 Å². The third-order valence-electron chi connectivity index (χ3n) is 11.1. The maximum absolute atomic E-state index is 12.8. The van der Waals surface area contributed by atoms with Crippen molar-refractivity contribution in [1.29, 1.82) is 0 Å². The molecule has 6 rings (SSSR count). The van der Waals surface area contributed by atoms with Crippen molar-refractivity contribution in [3.8, 4) is 0 Å². The number of carbonyl (C=O) groups excluding carboxylic acids is 3. The standard InChI is InChI=1S/C33H42N2O4/c1-32-16-13-23(36)19-22(32)7-8-25-26-9-10-29(33(26,2)17-14-27(25)32)39-31(38)12-11-30(37)34-18-15-21-20-35-28-6-4-3-5-24(21)28/h3-6,19-20,25-27,29,35H,7-18H2,1-2H3,(H,34,37)/t25-,26-,27-,29-,32-,33-/m0/s1. The first kappa shape index (κ1) is 26.3. The first-order chi connectivity index (χ1) is 18.8. The highest BCUT2D eigenvalue weighted by Gasteiger charge is 2.59. The van der Waals surface area contributed by atoms with Crippen LogP contribution in [-0.2, 0) is 25.5 Å². The number of rotatable bonds is 7. The van der Waals surface area contributed by atoms with Crippen LogP contribution in [-0.4, -0.2) is 35.3 Å². The van der Waals surface area contributed by atoms with Gasteiger partial charge in [-0.2, -0.15) is 0 Å². The zero-order valence-electron chi connectivity index (χ0n) is 23.4. The molecule has 0 unspecified atom stereocenters. The number of nitrogens with one attached hydrogen (secondary N) is 2. The zero-order valence-corrected chi connectivity index (χ0v) is 23.4. The van der Waals surface area contributed by atoms with Crippen LogP contribution >= 0.6 is 0 Å². The molecule has 4 aliphatic rings. The van der Waals surface area contributed by atoms with Crippen LogP contribution < -0.4 is 5.32 Å². The molecule has 1 heterocycles. The van der Waals surface area contributed by atoms with Crippen molar-refractivity contribution >= 4 is 28.6 Å². The second-order valence-corrected chi connectivity index (χ2v) is 13.0. The minimum Gasteiger partial charge on any atom is -0.462 e. The van der Waals surface area contributed by atoms with Crippen LogP contribution in [0.3, 0.4) is 0 Å². The van der Waals surface area contributed by atoms with E-state index in [0.717, 1.165) is 56.9 Å². The van der Waals surface area contributed by atoms with Gasteiger partial charge in [0.15, 0.2) is 5.78 Å². The first-order valence-corrected chi connectivity index (χ1v) is 15.0. The summed E-state index contributed by atoms with van der Waals surface area (Å²) in [6.07, 6.45) is 13.1. The van der Waals surface area contributed by atoms with E-state index in [9.17, 15) is 14.4 Å². The maximum Gasteiger partial charge on any atom is 0.306 e. The Hall–Kier alpha value is -2.89. The summed E-state index contributed by atoms with van der Waals surface area (Å²) in [6.45, 7) is 5.29. The van der Waals surface area contributed by atoms with Crippen molar-refractivity contribution in [1.82, 2.24) is 10.3 Å². The monoisotopic (exact) mass is 530 g/mol. The molecule has 6 heteroatoms. The molecule has 3 saturated carbocycles. The lowest BCUT2D eigenvalue weighted by Crippen LogP contribution is -2.51. The van der Waals surface area contributed by atoms with Crippen LogP contribution in [0.4, 0.5) is 0 Å². The summed E-state index contributed by atoms with van der Waals surface area (Å²) in [5.41, 5.74) is 3.85. The SMILES string of the molecule is C[C@]12CC[C@H]3[C@@H](CCC4=CC(=O)CC[C@@]43C)[C@@H]1CC[C@@H]2OC(=O)CCC(=O)NCCc1c[nH]c2ccccc12. The van der Waals surface area contributed by atoms with E-state index < -0.39 is 0 Å². The summed E-state index contributed by atoms with van der Waals surface area (Å²) in [5.74, 6) is 1.79. The Morgan fingerprint density at radius 2 is 1.87 bits per heavy atom. The fourth-order valence-electron chi connectivity index (χ4n) is 8.90. The smallest absolute Gasteiger partial charge is 0.306 e. The van der Waals surface area contributed by atoms with E-state index in [1.54, 1.807) is 0 Å². The summed E-state index contributed by atoms with van der Waals surface area (Å²) in [7, 11) is 0. The molecule has 1 aromatic carbocycles. The fraction of sp³-hybridized carbons (Fsp3) is 0.606. The first-order valence-electron chi connectivity index (χ1n) is 15.0. The van der Waals surface area contributed by atoms with E-state index in [2.05, 4.69) is 30.2 Å². The predicted octanol–water partition coefficient (Wildman–Crippen LogP) is 6.05. The molecule has 2 aromatic rings. The van der Waals surface area contributed by atoms with Gasteiger partial charge in [-0.15, -0.1) is 0 Å². The van der Waals surface area contributed by atoms with Gasteiger partial charge < -0.3 is 15.0 Å². The summed E-state index contributed by atoms with van der Waals surface area (Å²) in [4.78, 5) is 40.6. The van der Waals surface area contributed by atoms with Gasteiger partial charge in [0.05, 0.1) is 6.42 Å². The van der Waals surface area contributed by atoms with Gasteiger partial charge in [0.2, 0.25) is 5.91 Å². The van der Waals surface area contributed by atoms with Gasteiger partial charge in [0.1, 0.15) is 6.10 Å². The second kappa shape index (κ2) is 10.3. The summed E-state index contributed by atoms with van der Waals surface area (Å²) >= 11 is 0. The Balaban J connectivity index is 0.991. The van der Waals surface area contributed by atoms with E-state index >= 15 is 0 Å². The molecule has 0 bridgehead atoms. The van der Waals surface area contributed by atoms with Crippen LogP contribution in [0, 0.1) is 28.6 Å². The molecule has 0 spiro atoms. The van der Waals surface area contributed by atoms with Crippen molar-refractivity contribution in [2.24, 2.45) is 28.6 Å². The second-order valence-electron chi connectivity index (χ2n) is 13.0. The van der Waals surface area contributed by atoms with Crippen molar-refractivity contribution in [3.05, 3.63) is 47.7 Å². The number of hydrogen-bond acceptors (Lipinski definition) is 4.